The van der Waals surface area contributed by atoms with Crippen LogP contribution in [0.25, 0.3) is 0 Å². The fraction of sp³-hybridized carbons (Fsp3) is 0.0800. The van der Waals surface area contributed by atoms with E-state index in [4.69, 9.17) is 27.9 Å². The molecule has 0 saturated carbocycles. The van der Waals surface area contributed by atoms with E-state index in [0.717, 1.165) is 17.7 Å². The van der Waals surface area contributed by atoms with E-state index in [0.29, 0.717) is 27.4 Å². The number of benzene rings is 3. The minimum absolute atomic E-state index is 0.202. The number of carbonyl (C=O) groups excluding carboxylic acids is 3. The zero-order chi connectivity index (χ0) is 26.2. The first kappa shape index (κ1) is 25.3. The Morgan fingerprint density at radius 1 is 0.944 bits per heavy atom. The number of rotatable bonds is 5. The van der Waals surface area contributed by atoms with Crippen LogP contribution in [-0.2, 0) is 15.8 Å². The Labute approximate surface area is 212 Å². The molecule has 184 valence electrons. The van der Waals surface area contributed by atoms with Gasteiger partial charge in [0.25, 0.3) is 11.8 Å². The molecule has 0 bridgehead atoms. The summed E-state index contributed by atoms with van der Waals surface area (Å²) in [7, 11) is 0. The lowest BCUT2D eigenvalue weighted by Crippen LogP contribution is -2.32. The van der Waals surface area contributed by atoms with E-state index < -0.39 is 34.6 Å². The van der Waals surface area contributed by atoms with Crippen LogP contribution in [0.4, 0.5) is 24.5 Å². The van der Waals surface area contributed by atoms with Gasteiger partial charge in [0, 0.05) is 10.7 Å². The predicted octanol–water partition coefficient (Wildman–Crippen LogP) is 6.32. The Kier molecular flexibility index (Phi) is 6.79. The monoisotopic (exact) mass is 534 g/mol. The Bertz CT molecular complexity index is 1420. The van der Waals surface area contributed by atoms with Crippen LogP contribution in [0.5, 0.6) is 5.75 Å². The first-order valence-corrected chi connectivity index (χ1v) is 11.0. The first-order valence-electron chi connectivity index (χ1n) is 10.3. The molecule has 1 aliphatic rings. The van der Waals surface area contributed by atoms with Crippen LogP contribution >= 0.6 is 23.2 Å². The van der Waals surface area contributed by atoms with Gasteiger partial charge in [0.05, 0.1) is 16.8 Å². The van der Waals surface area contributed by atoms with Crippen molar-refractivity contribution in [2.45, 2.75) is 13.1 Å². The third-order valence-corrected chi connectivity index (χ3v) is 5.96. The summed E-state index contributed by atoms with van der Waals surface area (Å²) >= 11 is 12.0. The molecule has 0 fully saturated rings. The normalized spacial score (nSPS) is 13.9. The minimum atomic E-state index is -4.66. The molecule has 0 aliphatic carbocycles. The summed E-state index contributed by atoms with van der Waals surface area (Å²) in [4.78, 5) is 38.4. The van der Waals surface area contributed by atoms with E-state index in [1.165, 1.54) is 30.3 Å². The lowest BCUT2D eigenvalue weighted by molar-refractivity contribution is -0.137. The summed E-state index contributed by atoms with van der Waals surface area (Å²) in [5.74, 6) is -2.22. The number of halogens is 5. The summed E-state index contributed by atoms with van der Waals surface area (Å²) in [5.41, 5.74) is -0.367. The average Bonchev–Trinajstić information content (AvgIpc) is 3.04. The maximum absolute atomic E-state index is 13.1. The van der Waals surface area contributed by atoms with E-state index in [9.17, 15) is 27.6 Å². The van der Waals surface area contributed by atoms with Gasteiger partial charge in [0.15, 0.2) is 0 Å². The molecule has 3 aromatic carbocycles. The highest BCUT2D eigenvalue weighted by atomic mass is 35.5. The van der Waals surface area contributed by atoms with Gasteiger partial charge in [-0.3, -0.25) is 9.59 Å². The van der Waals surface area contributed by atoms with E-state index in [1.807, 2.05) is 0 Å². The van der Waals surface area contributed by atoms with Gasteiger partial charge in [-0.25, -0.2) is 9.69 Å². The van der Waals surface area contributed by atoms with Crippen molar-refractivity contribution in [2.75, 3.05) is 10.2 Å². The molecule has 1 N–H and O–H groups in total. The number of nitrogens with zero attached hydrogens (tertiary/aromatic N) is 1. The second kappa shape index (κ2) is 9.67. The van der Waals surface area contributed by atoms with Crippen molar-refractivity contribution < 1.29 is 32.3 Å². The Morgan fingerprint density at radius 2 is 1.64 bits per heavy atom. The summed E-state index contributed by atoms with van der Waals surface area (Å²) in [6.45, 7) is 1.77. The van der Waals surface area contributed by atoms with Gasteiger partial charge in [-0.2, -0.15) is 13.2 Å². The van der Waals surface area contributed by atoms with Gasteiger partial charge in [-0.1, -0.05) is 29.3 Å². The molecule has 0 aromatic heterocycles. The zero-order valence-corrected chi connectivity index (χ0v) is 19.8. The van der Waals surface area contributed by atoms with Crippen molar-refractivity contribution in [1.82, 2.24) is 0 Å². The zero-order valence-electron chi connectivity index (χ0n) is 18.3. The number of carbonyl (C=O) groups is 3. The van der Waals surface area contributed by atoms with Crippen LogP contribution in [0.1, 0.15) is 21.5 Å². The molecule has 36 heavy (non-hydrogen) atoms. The van der Waals surface area contributed by atoms with Gasteiger partial charge in [0.2, 0.25) is 0 Å². The van der Waals surface area contributed by atoms with Crippen LogP contribution in [0, 0.1) is 6.92 Å². The number of ether oxygens (including phenoxy) is 1. The highest BCUT2D eigenvalue weighted by Gasteiger charge is 2.40. The molecule has 2 amide bonds. The number of anilines is 2. The quantitative estimate of drug-likeness (QED) is 0.235. The predicted molar refractivity (Wildman–Crippen MR) is 128 cm³/mol. The first-order chi connectivity index (χ1) is 17.0. The average molecular weight is 535 g/mol. The number of aryl methyl sites for hydroxylation is 1. The second-order valence-corrected chi connectivity index (χ2v) is 8.47. The van der Waals surface area contributed by atoms with Gasteiger partial charge < -0.3 is 10.1 Å². The molecule has 0 unspecified atom stereocenters. The van der Waals surface area contributed by atoms with E-state index in [1.54, 1.807) is 25.1 Å². The number of hydrogen-bond acceptors (Lipinski definition) is 5. The lowest BCUT2D eigenvalue weighted by Gasteiger charge is -2.17. The van der Waals surface area contributed by atoms with Crippen LogP contribution in [0.3, 0.4) is 0 Å². The number of hydrogen-bond donors (Lipinski definition) is 1. The van der Waals surface area contributed by atoms with Crippen molar-refractivity contribution in [3.8, 4) is 5.75 Å². The maximum atomic E-state index is 13.1. The lowest BCUT2D eigenvalue weighted by atomic mass is 10.2. The highest BCUT2D eigenvalue weighted by molar-refractivity contribution is 6.53. The summed E-state index contributed by atoms with van der Waals surface area (Å²) < 4.78 is 44.5. The topological polar surface area (TPSA) is 75.7 Å². The van der Waals surface area contributed by atoms with Crippen LogP contribution in [-0.4, -0.2) is 17.8 Å². The van der Waals surface area contributed by atoms with E-state index >= 15 is 0 Å². The van der Waals surface area contributed by atoms with Crippen molar-refractivity contribution in [3.05, 3.63) is 99.2 Å². The molecule has 4 rings (SSSR count). The van der Waals surface area contributed by atoms with Gasteiger partial charge >= 0.3 is 12.1 Å². The van der Waals surface area contributed by atoms with Crippen LogP contribution < -0.4 is 15.0 Å². The Morgan fingerprint density at radius 3 is 2.28 bits per heavy atom. The summed E-state index contributed by atoms with van der Waals surface area (Å²) in [6, 6.07) is 14.3. The molecular weight excluding hydrogens is 520 g/mol. The second-order valence-electron chi connectivity index (χ2n) is 7.69. The molecule has 0 saturated heterocycles. The Hall–Kier alpha value is -3.82. The fourth-order valence-corrected chi connectivity index (χ4v) is 3.68. The van der Waals surface area contributed by atoms with Gasteiger partial charge in [-0.15, -0.1) is 0 Å². The minimum Gasteiger partial charge on any atom is -0.423 e. The molecule has 11 heteroatoms. The number of imide groups is 1. The van der Waals surface area contributed by atoms with Crippen LogP contribution in [0.15, 0.2) is 77.5 Å². The van der Waals surface area contributed by atoms with Crippen molar-refractivity contribution in [3.63, 3.8) is 0 Å². The molecule has 6 nitrogen and oxygen atoms in total. The largest absolute Gasteiger partial charge is 0.423 e. The van der Waals surface area contributed by atoms with Crippen molar-refractivity contribution in [2.24, 2.45) is 0 Å². The van der Waals surface area contributed by atoms with Gasteiger partial charge in [0.1, 0.15) is 16.5 Å². The smallest absolute Gasteiger partial charge is 0.416 e. The standard InChI is InChI=1S/C25H15Cl2F3N2O4/c1-13-11-18(9-10-19(13)26)36-24(35)14-5-7-16(8-6-14)31-21-20(27)22(33)32(23(21)34)17-4-2-3-15(12-17)25(28,29)30/h2-12,31H,1H3. The number of nitrogens with one attached hydrogen (secondary N) is 1. The summed E-state index contributed by atoms with van der Waals surface area (Å²) in [6.07, 6.45) is -4.66. The van der Waals surface area contributed by atoms with Crippen LogP contribution in [0.2, 0.25) is 5.02 Å². The Balaban J connectivity index is 1.49. The molecule has 0 spiro atoms. The van der Waals surface area contributed by atoms with Crippen molar-refractivity contribution >= 4 is 52.4 Å². The molecule has 1 heterocycles. The van der Waals surface area contributed by atoms with Gasteiger partial charge in [-0.05, 0) is 73.2 Å². The number of esters is 1. The SMILES string of the molecule is Cc1cc(OC(=O)c2ccc(NC3=C(Cl)C(=O)N(c4cccc(C(F)(F)F)c4)C3=O)cc2)ccc1Cl. The molecule has 0 radical (unpaired) electrons. The van der Waals surface area contributed by atoms with Crippen molar-refractivity contribution in [1.29, 1.82) is 0 Å². The van der Waals surface area contributed by atoms with E-state index in [-0.39, 0.29) is 16.9 Å². The fourth-order valence-electron chi connectivity index (χ4n) is 3.35. The maximum Gasteiger partial charge on any atom is 0.416 e. The van der Waals surface area contributed by atoms with E-state index in [2.05, 4.69) is 5.32 Å². The number of amides is 2. The molecular formula is C25H15Cl2F3N2O4. The number of alkyl halides is 3. The molecule has 3 aromatic rings. The molecule has 1 aliphatic heterocycles. The molecule has 0 atom stereocenters. The third-order valence-electron chi connectivity index (χ3n) is 5.19. The highest BCUT2D eigenvalue weighted by Crippen LogP contribution is 2.35. The summed E-state index contributed by atoms with van der Waals surface area (Å²) in [5, 5.41) is 2.74. The third kappa shape index (κ3) is 5.07.